The van der Waals surface area contributed by atoms with Gasteiger partial charge in [0, 0.05) is 0 Å². The lowest BCUT2D eigenvalue weighted by Gasteiger charge is -2.15. The summed E-state index contributed by atoms with van der Waals surface area (Å²) in [6.07, 6.45) is -1.26. The fraction of sp³-hybridized carbons (Fsp3) is 0.800. The molecule has 0 rings (SSSR count). The monoisotopic (exact) mass is 248 g/mol. The highest BCUT2D eigenvalue weighted by Gasteiger charge is 2.22. The fourth-order valence-corrected chi connectivity index (χ4v) is 1.13. The zero-order valence-corrected chi connectivity index (χ0v) is 8.65. The summed E-state index contributed by atoms with van der Waals surface area (Å²) in [6.45, 7) is -1.15. The van der Waals surface area contributed by atoms with Crippen LogP contribution in [0.2, 0.25) is 0 Å². The summed E-state index contributed by atoms with van der Waals surface area (Å²) >= 11 is 5.08. The number of aliphatic hydroxyl groups is 1. The van der Waals surface area contributed by atoms with Gasteiger partial charge in [-0.2, -0.15) is 0 Å². The van der Waals surface area contributed by atoms with Gasteiger partial charge >= 0.3 is 13.8 Å². The van der Waals surface area contributed by atoms with Crippen LogP contribution in [0.3, 0.4) is 0 Å². The van der Waals surface area contributed by atoms with Crippen molar-refractivity contribution in [3.8, 4) is 0 Å². The van der Waals surface area contributed by atoms with Crippen LogP contribution in [0.5, 0.6) is 0 Å². The minimum absolute atomic E-state index is 0.381. The number of phosphoric ester groups is 1. The van der Waals surface area contributed by atoms with E-state index in [4.69, 9.17) is 26.5 Å². The molecule has 0 saturated heterocycles. The van der Waals surface area contributed by atoms with Crippen LogP contribution in [0.25, 0.3) is 0 Å². The topological polar surface area (TPSA) is 113 Å². The highest BCUT2D eigenvalue weighted by Crippen LogP contribution is 2.37. The maximum atomic E-state index is 10.5. The Morgan fingerprint density at radius 3 is 2.43 bits per heavy atom. The van der Waals surface area contributed by atoms with E-state index in [1.54, 1.807) is 0 Å². The van der Waals surface area contributed by atoms with Gasteiger partial charge in [-0.1, -0.05) is 0 Å². The Kier molecular flexibility index (Phi) is 6.26. The molecule has 0 aromatic rings. The second-order valence-corrected chi connectivity index (χ2v) is 3.68. The number of hydrogen-bond donors (Lipinski definition) is 3. The average molecular weight is 249 g/mol. The lowest BCUT2D eigenvalue weighted by molar-refractivity contribution is -0.143. The first-order valence-corrected chi connectivity index (χ1v) is 5.52. The molecule has 0 radical (unpaired) electrons. The van der Waals surface area contributed by atoms with Gasteiger partial charge < -0.3 is 19.6 Å². The summed E-state index contributed by atoms with van der Waals surface area (Å²) in [6, 6.07) is 0. The summed E-state index contributed by atoms with van der Waals surface area (Å²) in [5.74, 6) is -1.15. The standard InChI is InChI=1S/C5H10ClO7P/c6-1-5(8)12-3-4(2-7)13-14(9,10)11/h4,7H,1-3H2,(H2,9,10,11). The molecule has 1 unspecified atom stereocenters. The molecule has 0 bridgehead atoms. The number of esters is 1. The zero-order valence-electron chi connectivity index (χ0n) is 7.00. The van der Waals surface area contributed by atoms with E-state index in [0.717, 1.165) is 0 Å². The maximum Gasteiger partial charge on any atom is 0.470 e. The van der Waals surface area contributed by atoms with Crippen LogP contribution in [0, 0.1) is 0 Å². The molecule has 1 atom stereocenters. The molecule has 0 heterocycles. The molecule has 0 fully saturated rings. The number of ether oxygens (including phenoxy) is 1. The molecule has 14 heavy (non-hydrogen) atoms. The van der Waals surface area contributed by atoms with Crippen LogP contribution in [0.1, 0.15) is 0 Å². The fourth-order valence-electron chi connectivity index (χ4n) is 0.535. The normalized spacial score (nSPS) is 13.7. The number of carbonyl (C=O) groups is 1. The summed E-state index contributed by atoms with van der Waals surface area (Å²) in [5.41, 5.74) is 0. The van der Waals surface area contributed by atoms with E-state index in [9.17, 15) is 9.36 Å². The lowest BCUT2D eigenvalue weighted by Crippen LogP contribution is -2.25. The first-order chi connectivity index (χ1) is 6.39. The minimum atomic E-state index is -4.69. The predicted molar refractivity (Wildman–Crippen MR) is 45.7 cm³/mol. The van der Waals surface area contributed by atoms with Gasteiger partial charge in [0.15, 0.2) is 0 Å². The van der Waals surface area contributed by atoms with Gasteiger partial charge in [-0.15, -0.1) is 11.6 Å². The van der Waals surface area contributed by atoms with Crippen LogP contribution in [0.4, 0.5) is 0 Å². The molecule has 3 N–H and O–H groups in total. The van der Waals surface area contributed by atoms with Crippen LogP contribution < -0.4 is 0 Å². The molecule has 84 valence electrons. The van der Waals surface area contributed by atoms with E-state index in [1.807, 2.05) is 0 Å². The molecule has 0 aromatic heterocycles. The van der Waals surface area contributed by atoms with Crippen molar-refractivity contribution in [2.75, 3.05) is 19.1 Å². The van der Waals surface area contributed by atoms with Gasteiger partial charge in [0.05, 0.1) is 6.61 Å². The van der Waals surface area contributed by atoms with Gasteiger partial charge in [0.1, 0.15) is 18.6 Å². The van der Waals surface area contributed by atoms with E-state index in [2.05, 4.69) is 9.26 Å². The van der Waals surface area contributed by atoms with E-state index < -0.39 is 33.1 Å². The Hall–Kier alpha value is -0.170. The largest absolute Gasteiger partial charge is 0.470 e. The second-order valence-electron chi connectivity index (χ2n) is 2.22. The quantitative estimate of drug-likeness (QED) is 0.322. The number of hydrogen-bond acceptors (Lipinski definition) is 5. The lowest BCUT2D eigenvalue weighted by atomic mass is 10.4. The van der Waals surface area contributed by atoms with Crippen molar-refractivity contribution in [2.24, 2.45) is 0 Å². The molecular weight excluding hydrogens is 238 g/mol. The van der Waals surface area contributed by atoms with Crippen molar-refractivity contribution >= 4 is 25.4 Å². The van der Waals surface area contributed by atoms with Gasteiger partial charge in [-0.3, -0.25) is 9.32 Å². The van der Waals surface area contributed by atoms with Crippen molar-refractivity contribution in [3.05, 3.63) is 0 Å². The number of phosphoric acid groups is 1. The van der Waals surface area contributed by atoms with Crippen molar-refractivity contribution in [1.82, 2.24) is 0 Å². The Labute approximate surface area is 84.8 Å². The molecule has 7 nitrogen and oxygen atoms in total. The van der Waals surface area contributed by atoms with E-state index in [1.165, 1.54) is 0 Å². The van der Waals surface area contributed by atoms with Crippen LogP contribution >= 0.6 is 19.4 Å². The third-order valence-electron chi connectivity index (χ3n) is 1.03. The van der Waals surface area contributed by atoms with Crippen LogP contribution in [-0.4, -0.2) is 46.1 Å². The first-order valence-electron chi connectivity index (χ1n) is 3.45. The molecule has 0 aromatic carbocycles. The number of alkyl halides is 1. The van der Waals surface area contributed by atoms with Gasteiger partial charge in [0.2, 0.25) is 0 Å². The third-order valence-corrected chi connectivity index (χ3v) is 1.82. The van der Waals surface area contributed by atoms with E-state index in [0.29, 0.717) is 0 Å². The number of carbonyl (C=O) groups excluding carboxylic acids is 1. The Bertz CT molecular complexity index is 226. The summed E-state index contributed by atoms with van der Waals surface area (Å²) in [7, 11) is -4.69. The number of aliphatic hydroxyl groups excluding tert-OH is 1. The summed E-state index contributed by atoms with van der Waals surface area (Å²) in [4.78, 5) is 27.2. The highest BCUT2D eigenvalue weighted by atomic mass is 35.5. The molecule has 9 heteroatoms. The summed E-state index contributed by atoms with van der Waals surface area (Å²) < 4.78 is 18.8. The van der Waals surface area contributed by atoms with Gasteiger partial charge in [-0.25, -0.2) is 4.57 Å². The molecule has 0 spiro atoms. The zero-order chi connectivity index (χ0) is 11.2. The number of halogens is 1. The van der Waals surface area contributed by atoms with Crippen molar-refractivity contribution < 1.29 is 33.5 Å². The Morgan fingerprint density at radius 2 is 2.07 bits per heavy atom. The highest BCUT2D eigenvalue weighted by molar-refractivity contribution is 7.46. The van der Waals surface area contributed by atoms with Crippen molar-refractivity contribution in [2.45, 2.75) is 6.10 Å². The predicted octanol–water partition coefficient (Wildman–Crippen LogP) is -0.761. The average Bonchev–Trinajstić information content (AvgIpc) is 2.09. The Balaban J connectivity index is 3.92. The van der Waals surface area contributed by atoms with Crippen molar-refractivity contribution in [3.63, 3.8) is 0 Å². The minimum Gasteiger partial charge on any atom is -0.462 e. The van der Waals surface area contributed by atoms with E-state index >= 15 is 0 Å². The molecule has 0 saturated carbocycles. The smallest absolute Gasteiger partial charge is 0.462 e. The van der Waals surface area contributed by atoms with Gasteiger partial charge in [-0.05, 0) is 0 Å². The molecule has 0 amide bonds. The molecule has 0 aliphatic heterocycles. The Morgan fingerprint density at radius 1 is 1.50 bits per heavy atom. The third kappa shape index (κ3) is 7.25. The molecular formula is C5H10ClO7P. The SMILES string of the molecule is O=C(CCl)OCC(CO)OP(=O)(O)O. The maximum absolute atomic E-state index is 10.5. The first kappa shape index (κ1) is 13.8. The molecule has 0 aliphatic rings. The summed E-state index contributed by atoms with van der Waals surface area (Å²) in [5, 5.41) is 8.58. The van der Waals surface area contributed by atoms with E-state index in [-0.39, 0.29) is 5.88 Å². The van der Waals surface area contributed by atoms with Crippen LogP contribution in [-0.2, 0) is 18.6 Å². The van der Waals surface area contributed by atoms with Crippen molar-refractivity contribution in [1.29, 1.82) is 0 Å². The number of rotatable bonds is 6. The van der Waals surface area contributed by atoms with Crippen LogP contribution in [0.15, 0.2) is 0 Å². The second kappa shape index (κ2) is 6.34. The molecule has 0 aliphatic carbocycles. The van der Waals surface area contributed by atoms with Gasteiger partial charge in [0.25, 0.3) is 0 Å².